The number of hydrogen-bond acceptors (Lipinski definition) is 5. The van der Waals surface area contributed by atoms with Crippen molar-refractivity contribution < 1.29 is 25.2 Å². The third-order valence-electron chi connectivity index (χ3n) is 6.44. The highest BCUT2D eigenvalue weighted by atomic mass is 16.3. The van der Waals surface area contributed by atoms with Crippen LogP contribution in [0.5, 0.6) is 23.0 Å². The summed E-state index contributed by atoms with van der Waals surface area (Å²) in [7, 11) is 0. The summed E-state index contributed by atoms with van der Waals surface area (Å²) in [4.78, 5) is 12.1. The number of hydrogen-bond donors (Lipinski definition) is 4. The Balaban J connectivity index is 1.36. The second kappa shape index (κ2) is 16.0. The van der Waals surface area contributed by atoms with Crippen LogP contribution in [0.4, 0.5) is 0 Å². The first kappa shape index (κ1) is 27.6. The Hall–Kier alpha value is -2.69. The number of ketones is 1. The van der Waals surface area contributed by atoms with Crippen LogP contribution in [-0.4, -0.2) is 26.2 Å². The fourth-order valence-electron chi connectivity index (χ4n) is 4.34. The molecule has 0 amide bonds. The number of carbonyl (C=O) groups excluding carboxylic acids is 1. The normalized spacial score (nSPS) is 11.1. The summed E-state index contributed by atoms with van der Waals surface area (Å²) in [6, 6.07) is 9.56. The van der Waals surface area contributed by atoms with Crippen molar-refractivity contribution in [3.05, 3.63) is 47.5 Å². The number of unbranched alkanes of at least 4 members (excludes halogenated alkanes) is 10. The highest BCUT2D eigenvalue weighted by Gasteiger charge is 2.05. The lowest BCUT2D eigenvalue weighted by atomic mass is 10.0. The highest BCUT2D eigenvalue weighted by Crippen LogP contribution is 2.25. The lowest BCUT2D eigenvalue weighted by Crippen LogP contribution is -1.97. The molecule has 0 radical (unpaired) electrons. The van der Waals surface area contributed by atoms with Crippen LogP contribution in [0.3, 0.4) is 0 Å². The van der Waals surface area contributed by atoms with Gasteiger partial charge in [-0.1, -0.05) is 63.5 Å². The fraction of sp³-hybridized carbons (Fsp3) is 0.552. The van der Waals surface area contributed by atoms with Gasteiger partial charge in [0.1, 0.15) is 28.8 Å². The maximum atomic E-state index is 12.1. The van der Waals surface area contributed by atoms with E-state index in [4.69, 9.17) is 0 Å². The Morgan fingerprint density at radius 3 is 1.24 bits per heavy atom. The molecule has 188 valence electrons. The van der Waals surface area contributed by atoms with E-state index >= 15 is 0 Å². The average Bonchev–Trinajstić information content (AvgIpc) is 2.79. The molecule has 0 fully saturated rings. The fourth-order valence-corrected chi connectivity index (χ4v) is 4.34. The molecule has 0 spiro atoms. The van der Waals surface area contributed by atoms with E-state index in [1.54, 1.807) is 24.3 Å². The number of benzene rings is 2. The standard InChI is InChI=1S/C29H42O5/c30-25(15-11-7-3-1-5-9-13-23-17-19-26(31)21-28(23)33)16-12-8-4-2-6-10-14-24-18-20-27(32)22-29(24)34/h17-22,31-34H,1-16H2. The predicted octanol–water partition coefficient (Wildman–Crippen LogP) is 7.32. The molecule has 2 aromatic rings. The molecule has 0 atom stereocenters. The van der Waals surface area contributed by atoms with Crippen LogP contribution in [0.1, 0.15) is 101 Å². The largest absolute Gasteiger partial charge is 0.508 e. The van der Waals surface area contributed by atoms with E-state index in [2.05, 4.69) is 0 Å². The Morgan fingerprint density at radius 1 is 0.500 bits per heavy atom. The Labute approximate surface area is 204 Å². The van der Waals surface area contributed by atoms with Crippen molar-refractivity contribution in [2.24, 2.45) is 0 Å². The summed E-state index contributed by atoms with van der Waals surface area (Å²) in [5, 5.41) is 38.2. The second-order valence-corrected chi connectivity index (χ2v) is 9.41. The van der Waals surface area contributed by atoms with Crippen LogP contribution < -0.4 is 0 Å². The van der Waals surface area contributed by atoms with Gasteiger partial charge >= 0.3 is 0 Å². The van der Waals surface area contributed by atoms with Crippen molar-refractivity contribution in [3.8, 4) is 23.0 Å². The van der Waals surface area contributed by atoms with E-state index in [-0.39, 0.29) is 23.0 Å². The van der Waals surface area contributed by atoms with Crippen LogP contribution in [0.25, 0.3) is 0 Å². The lowest BCUT2D eigenvalue weighted by Gasteiger charge is -2.06. The number of rotatable bonds is 18. The molecule has 0 heterocycles. The van der Waals surface area contributed by atoms with E-state index in [9.17, 15) is 25.2 Å². The Bertz CT molecular complexity index is 792. The zero-order chi connectivity index (χ0) is 24.6. The summed E-state index contributed by atoms with van der Waals surface area (Å²) in [5.74, 6) is 0.925. The minimum absolute atomic E-state index is 0.0940. The summed E-state index contributed by atoms with van der Waals surface area (Å²) < 4.78 is 0. The highest BCUT2D eigenvalue weighted by molar-refractivity contribution is 5.78. The predicted molar refractivity (Wildman–Crippen MR) is 137 cm³/mol. The van der Waals surface area contributed by atoms with Gasteiger partial charge in [-0.2, -0.15) is 0 Å². The van der Waals surface area contributed by atoms with E-state index in [1.807, 2.05) is 0 Å². The molecule has 4 N–H and O–H groups in total. The van der Waals surface area contributed by atoms with E-state index in [0.29, 0.717) is 18.6 Å². The molecule has 0 aliphatic heterocycles. The van der Waals surface area contributed by atoms with Crippen LogP contribution in [-0.2, 0) is 17.6 Å². The van der Waals surface area contributed by atoms with Crippen molar-refractivity contribution in [1.29, 1.82) is 0 Å². The minimum Gasteiger partial charge on any atom is -0.508 e. The lowest BCUT2D eigenvalue weighted by molar-refractivity contribution is -0.119. The first-order valence-corrected chi connectivity index (χ1v) is 13.0. The molecule has 0 saturated carbocycles. The molecule has 2 rings (SSSR count). The molecule has 0 aliphatic rings. The smallest absolute Gasteiger partial charge is 0.132 e. The topological polar surface area (TPSA) is 98.0 Å². The van der Waals surface area contributed by atoms with E-state index in [0.717, 1.165) is 101 Å². The van der Waals surface area contributed by atoms with Crippen LogP contribution in [0, 0.1) is 0 Å². The van der Waals surface area contributed by atoms with Gasteiger partial charge in [0.05, 0.1) is 0 Å². The molecule has 0 aromatic heterocycles. The Morgan fingerprint density at radius 2 is 0.853 bits per heavy atom. The van der Waals surface area contributed by atoms with Gasteiger partial charge in [-0.3, -0.25) is 4.79 Å². The van der Waals surface area contributed by atoms with Gasteiger partial charge in [0.25, 0.3) is 0 Å². The second-order valence-electron chi connectivity index (χ2n) is 9.41. The number of Topliss-reactive ketones (excluding diaryl/α,β-unsaturated/α-hetero) is 1. The monoisotopic (exact) mass is 470 g/mol. The van der Waals surface area contributed by atoms with Gasteiger partial charge in [-0.25, -0.2) is 0 Å². The number of aromatic hydroxyl groups is 4. The third-order valence-corrected chi connectivity index (χ3v) is 6.44. The summed E-state index contributed by atoms with van der Waals surface area (Å²) >= 11 is 0. The maximum absolute atomic E-state index is 12.1. The first-order valence-electron chi connectivity index (χ1n) is 13.0. The van der Waals surface area contributed by atoms with Gasteiger partial charge in [0.2, 0.25) is 0 Å². The van der Waals surface area contributed by atoms with Crippen molar-refractivity contribution in [2.45, 2.75) is 103 Å². The van der Waals surface area contributed by atoms with E-state index < -0.39 is 0 Å². The van der Waals surface area contributed by atoms with Gasteiger partial charge in [-0.15, -0.1) is 0 Å². The van der Waals surface area contributed by atoms with Crippen molar-refractivity contribution in [1.82, 2.24) is 0 Å². The molecule has 5 nitrogen and oxygen atoms in total. The number of carbonyl (C=O) groups is 1. The van der Waals surface area contributed by atoms with Crippen molar-refractivity contribution in [3.63, 3.8) is 0 Å². The summed E-state index contributed by atoms with van der Waals surface area (Å²) in [5.41, 5.74) is 1.77. The van der Waals surface area contributed by atoms with Crippen LogP contribution in [0.15, 0.2) is 36.4 Å². The van der Waals surface area contributed by atoms with E-state index in [1.165, 1.54) is 12.1 Å². The third kappa shape index (κ3) is 11.4. The van der Waals surface area contributed by atoms with Gasteiger partial charge in [0.15, 0.2) is 0 Å². The minimum atomic E-state index is 0.0940. The molecule has 2 aromatic carbocycles. The molecule has 0 saturated heterocycles. The quantitative estimate of drug-likeness (QED) is 0.171. The van der Waals surface area contributed by atoms with Crippen molar-refractivity contribution >= 4 is 5.78 Å². The zero-order valence-electron chi connectivity index (χ0n) is 20.5. The summed E-state index contributed by atoms with van der Waals surface area (Å²) in [6.07, 6.45) is 16.1. The first-order chi connectivity index (χ1) is 16.5. The van der Waals surface area contributed by atoms with Crippen LogP contribution in [0.2, 0.25) is 0 Å². The number of phenolic OH excluding ortho intramolecular Hbond substituents is 4. The maximum Gasteiger partial charge on any atom is 0.132 e. The van der Waals surface area contributed by atoms with Gasteiger partial charge < -0.3 is 20.4 Å². The zero-order valence-corrected chi connectivity index (χ0v) is 20.5. The average molecular weight is 471 g/mol. The van der Waals surface area contributed by atoms with Crippen LogP contribution >= 0.6 is 0 Å². The van der Waals surface area contributed by atoms with Gasteiger partial charge in [-0.05, 0) is 61.8 Å². The molecule has 34 heavy (non-hydrogen) atoms. The van der Waals surface area contributed by atoms with Crippen molar-refractivity contribution in [2.75, 3.05) is 0 Å². The SMILES string of the molecule is O=C(CCCCCCCCc1ccc(O)cc1O)CCCCCCCCc1ccc(O)cc1O. The summed E-state index contributed by atoms with van der Waals surface area (Å²) in [6.45, 7) is 0. The molecule has 0 aliphatic carbocycles. The molecular formula is C29H42O5. The molecule has 0 unspecified atom stereocenters. The Kier molecular flexibility index (Phi) is 13.0. The molecule has 5 heteroatoms. The molecule has 0 bridgehead atoms. The number of phenols is 4. The number of aryl methyl sites for hydroxylation is 2. The molecular weight excluding hydrogens is 428 g/mol. The van der Waals surface area contributed by atoms with Gasteiger partial charge in [0, 0.05) is 25.0 Å².